The highest BCUT2D eigenvalue weighted by atomic mass is 32.2. The van der Waals surface area contributed by atoms with Gasteiger partial charge < -0.3 is 15.5 Å². The van der Waals surface area contributed by atoms with E-state index >= 15 is 0 Å². The van der Waals surface area contributed by atoms with E-state index in [4.69, 9.17) is 10.9 Å². The molecule has 1 heterocycles. The van der Waals surface area contributed by atoms with Crippen LogP contribution in [-0.4, -0.2) is 30.7 Å². The lowest BCUT2D eigenvalue weighted by Gasteiger charge is -2.07. The number of non-ortho nitro benzene ring substituents is 1. The second kappa shape index (κ2) is 5.57. The summed E-state index contributed by atoms with van der Waals surface area (Å²) in [4.78, 5) is 10.8. The number of benzene rings is 1. The Kier molecular flexibility index (Phi) is 3.84. The monoisotopic (exact) mass is 294 g/mol. The minimum Gasteiger partial charge on any atom is -0.409 e. The molecular formula is C10H10N6O3S. The second-order valence-electron chi connectivity index (χ2n) is 3.75. The molecule has 1 aromatic heterocycles. The Hall–Kier alpha value is -2.62. The third-order valence-electron chi connectivity index (χ3n) is 2.43. The van der Waals surface area contributed by atoms with Crippen LogP contribution in [0.3, 0.4) is 0 Å². The second-order valence-corrected chi connectivity index (χ2v) is 4.76. The van der Waals surface area contributed by atoms with Gasteiger partial charge in [0.15, 0.2) is 11.0 Å². The topological polar surface area (TPSA) is 132 Å². The Bertz CT molecular complexity index is 683. The summed E-state index contributed by atoms with van der Waals surface area (Å²) in [5.74, 6) is -0.210. The highest BCUT2D eigenvalue weighted by molar-refractivity contribution is 7.99. The van der Waals surface area contributed by atoms with Crippen molar-refractivity contribution >= 4 is 23.3 Å². The predicted octanol–water partition coefficient (Wildman–Crippen LogP) is 0.969. The van der Waals surface area contributed by atoms with E-state index < -0.39 is 4.92 Å². The van der Waals surface area contributed by atoms with Crippen molar-refractivity contribution in [3.63, 3.8) is 0 Å². The van der Waals surface area contributed by atoms with Gasteiger partial charge in [-0.15, -0.1) is 10.2 Å². The van der Waals surface area contributed by atoms with Crippen molar-refractivity contribution in [2.45, 2.75) is 10.1 Å². The number of hydrogen-bond donors (Lipinski definition) is 2. The van der Waals surface area contributed by atoms with Gasteiger partial charge in [0.2, 0.25) is 0 Å². The van der Waals surface area contributed by atoms with E-state index in [0.29, 0.717) is 10.1 Å². The van der Waals surface area contributed by atoms with Gasteiger partial charge in [0.25, 0.3) is 5.69 Å². The van der Waals surface area contributed by atoms with Crippen LogP contribution in [0.1, 0.15) is 5.56 Å². The number of oxime groups is 1. The van der Waals surface area contributed by atoms with Crippen LogP contribution >= 0.6 is 11.8 Å². The lowest BCUT2D eigenvalue weighted by Crippen LogP contribution is -2.14. The van der Waals surface area contributed by atoms with Gasteiger partial charge in [-0.1, -0.05) is 5.16 Å². The van der Waals surface area contributed by atoms with E-state index in [1.807, 2.05) is 0 Å². The lowest BCUT2D eigenvalue weighted by molar-refractivity contribution is -0.384. The Morgan fingerprint density at radius 3 is 2.90 bits per heavy atom. The maximum atomic E-state index is 10.8. The molecule has 0 saturated carbocycles. The fraction of sp³-hybridized carbons (Fsp3) is 0.100. The zero-order valence-electron chi connectivity index (χ0n) is 10.3. The fourth-order valence-corrected chi connectivity index (χ4v) is 2.32. The van der Waals surface area contributed by atoms with Crippen molar-refractivity contribution < 1.29 is 10.1 Å². The van der Waals surface area contributed by atoms with Crippen LogP contribution in [0.15, 0.2) is 39.7 Å². The molecule has 0 radical (unpaired) electrons. The molecule has 2 rings (SSSR count). The lowest BCUT2D eigenvalue weighted by atomic mass is 10.2. The third-order valence-corrected chi connectivity index (χ3v) is 3.56. The summed E-state index contributed by atoms with van der Waals surface area (Å²) < 4.78 is 1.68. The van der Waals surface area contributed by atoms with E-state index in [1.54, 1.807) is 11.6 Å². The molecule has 2 aromatic rings. The normalized spacial score (nSPS) is 11.6. The minimum absolute atomic E-state index is 0.145. The molecule has 3 N–H and O–H groups in total. The van der Waals surface area contributed by atoms with Gasteiger partial charge in [0.05, 0.1) is 4.92 Å². The maximum Gasteiger partial charge on any atom is 0.270 e. The molecule has 10 heteroatoms. The number of nitrogens with zero attached hydrogens (tertiary/aromatic N) is 5. The van der Waals surface area contributed by atoms with E-state index in [-0.39, 0.29) is 17.1 Å². The molecule has 0 atom stereocenters. The molecule has 0 aliphatic carbocycles. The Morgan fingerprint density at radius 1 is 1.60 bits per heavy atom. The zero-order chi connectivity index (χ0) is 14.7. The molecule has 0 spiro atoms. The number of hydrogen-bond acceptors (Lipinski definition) is 7. The number of nitro groups is 1. The first kappa shape index (κ1) is 13.8. The molecule has 0 aliphatic heterocycles. The Labute approximate surface area is 117 Å². The van der Waals surface area contributed by atoms with Crippen LogP contribution in [0.25, 0.3) is 0 Å². The molecule has 0 unspecified atom stereocenters. The number of aromatic nitrogens is 3. The van der Waals surface area contributed by atoms with Gasteiger partial charge in [-0.2, -0.15) is 0 Å². The van der Waals surface area contributed by atoms with Crippen LogP contribution in [0, 0.1) is 10.1 Å². The minimum atomic E-state index is -0.551. The van der Waals surface area contributed by atoms with Crippen LogP contribution in [0.5, 0.6) is 0 Å². The number of nitrogens with two attached hydrogens (primary N) is 1. The van der Waals surface area contributed by atoms with Crippen molar-refractivity contribution in [2.24, 2.45) is 17.9 Å². The maximum absolute atomic E-state index is 10.8. The van der Waals surface area contributed by atoms with Crippen molar-refractivity contribution in [1.29, 1.82) is 0 Å². The van der Waals surface area contributed by atoms with Crippen molar-refractivity contribution in [1.82, 2.24) is 14.8 Å². The van der Waals surface area contributed by atoms with Crippen molar-refractivity contribution in [2.75, 3.05) is 0 Å². The smallest absolute Gasteiger partial charge is 0.270 e. The van der Waals surface area contributed by atoms with Crippen molar-refractivity contribution in [3.8, 4) is 0 Å². The average molecular weight is 294 g/mol. The fourth-order valence-electron chi connectivity index (χ4n) is 1.44. The summed E-state index contributed by atoms with van der Waals surface area (Å²) in [6, 6.07) is 4.10. The summed E-state index contributed by atoms with van der Waals surface area (Å²) >= 11 is 1.21. The first-order valence-corrected chi connectivity index (χ1v) is 6.12. The summed E-state index contributed by atoms with van der Waals surface area (Å²) in [5, 5.41) is 30.6. The molecular weight excluding hydrogens is 284 g/mol. The van der Waals surface area contributed by atoms with Crippen LogP contribution in [0.2, 0.25) is 0 Å². The highest BCUT2D eigenvalue weighted by Gasteiger charge is 2.16. The number of amidine groups is 1. The van der Waals surface area contributed by atoms with Gasteiger partial charge in [0.1, 0.15) is 6.33 Å². The van der Waals surface area contributed by atoms with Crippen LogP contribution in [-0.2, 0) is 7.05 Å². The SMILES string of the molecule is Cn1cnnc1Sc1ccc([N+](=O)[O-])cc1C(N)=NO. The first-order valence-electron chi connectivity index (χ1n) is 5.31. The zero-order valence-corrected chi connectivity index (χ0v) is 11.1. The van der Waals surface area contributed by atoms with Gasteiger partial charge in [-0.05, 0) is 17.8 Å². The van der Waals surface area contributed by atoms with E-state index in [0.717, 1.165) is 0 Å². The molecule has 0 bridgehead atoms. The van der Waals surface area contributed by atoms with E-state index in [9.17, 15) is 10.1 Å². The standard InChI is InChI=1S/C10H10N6O3S/c1-15-5-12-13-10(15)20-8-3-2-6(16(18)19)4-7(8)9(11)14-17/h2-5,17H,1H3,(H2,11,14). The van der Waals surface area contributed by atoms with Gasteiger partial charge in [-0.3, -0.25) is 10.1 Å². The Morgan fingerprint density at radius 2 is 2.35 bits per heavy atom. The van der Waals surface area contributed by atoms with E-state index in [2.05, 4.69) is 15.4 Å². The third kappa shape index (κ3) is 2.69. The van der Waals surface area contributed by atoms with E-state index in [1.165, 1.54) is 36.3 Å². The van der Waals surface area contributed by atoms with Gasteiger partial charge >= 0.3 is 0 Å². The molecule has 104 valence electrons. The van der Waals surface area contributed by atoms with Crippen LogP contribution in [0.4, 0.5) is 5.69 Å². The molecule has 20 heavy (non-hydrogen) atoms. The summed E-state index contributed by atoms with van der Waals surface area (Å²) in [6.07, 6.45) is 1.52. The van der Waals surface area contributed by atoms with Crippen molar-refractivity contribution in [3.05, 3.63) is 40.2 Å². The van der Waals surface area contributed by atoms with Gasteiger partial charge in [0, 0.05) is 29.6 Å². The summed E-state index contributed by atoms with van der Waals surface area (Å²) in [7, 11) is 1.76. The molecule has 0 fully saturated rings. The molecule has 0 saturated heterocycles. The Balaban J connectivity index is 2.47. The van der Waals surface area contributed by atoms with Gasteiger partial charge in [-0.25, -0.2) is 0 Å². The average Bonchev–Trinajstić information content (AvgIpc) is 2.83. The largest absolute Gasteiger partial charge is 0.409 e. The first-order chi connectivity index (χ1) is 9.52. The molecule has 0 aliphatic rings. The van der Waals surface area contributed by atoms with Crippen LogP contribution < -0.4 is 5.73 Å². The quantitative estimate of drug-likeness (QED) is 0.282. The predicted molar refractivity (Wildman–Crippen MR) is 70.7 cm³/mol. The number of aryl methyl sites for hydroxylation is 1. The molecule has 0 amide bonds. The molecule has 1 aromatic carbocycles. The number of rotatable bonds is 4. The summed E-state index contributed by atoms with van der Waals surface area (Å²) in [5.41, 5.74) is 5.67. The molecule has 9 nitrogen and oxygen atoms in total. The number of nitro benzene ring substituents is 1. The summed E-state index contributed by atoms with van der Waals surface area (Å²) in [6.45, 7) is 0. The highest BCUT2D eigenvalue weighted by Crippen LogP contribution is 2.31.